The average molecular weight is 306 g/mol. The van der Waals surface area contributed by atoms with Crippen LogP contribution in [0.15, 0.2) is 30.5 Å². The van der Waals surface area contributed by atoms with E-state index in [1.165, 1.54) is 24.1 Å². The van der Waals surface area contributed by atoms with E-state index in [1.54, 1.807) is 7.11 Å². The molecule has 5 heteroatoms. The van der Waals surface area contributed by atoms with Crippen molar-refractivity contribution in [2.45, 2.75) is 25.3 Å². The third-order valence-electron chi connectivity index (χ3n) is 3.72. The van der Waals surface area contributed by atoms with E-state index in [2.05, 4.69) is 15.1 Å². The standard InChI is InChI=1S/C16H20ClN3O/c1-21-9-8-18-10-13-11-19-20(16(13)12-2-3-12)15-6-4-14(17)5-7-15/h4-7,11-12,18H,2-3,8-10H2,1H3. The summed E-state index contributed by atoms with van der Waals surface area (Å²) in [5, 5.41) is 8.73. The van der Waals surface area contributed by atoms with Crippen LogP contribution in [0.5, 0.6) is 0 Å². The number of hydrogen-bond acceptors (Lipinski definition) is 3. The molecule has 0 aliphatic heterocycles. The topological polar surface area (TPSA) is 39.1 Å². The van der Waals surface area contributed by atoms with Gasteiger partial charge in [0.2, 0.25) is 0 Å². The van der Waals surface area contributed by atoms with Crippen molar-refractivity contribution in [3.63, 3.8) is 0 Å². The molecule has 0 radical (unpaired) electrons. The molecular formula is C16H20ClN3O. The lowest BCUT2D eigenvalue weighted by Crippen LogP contribution is -2.19. The molecule has 2 aromatic rings. The van der Waals surface area contributed by atoms with Crippen LogP contribution in [0.25, 0.3) is 5.69 Å². The first kappa shape index (κ1) is 14.6. The maximum Gasteiger partial charge on any atom is 0.0650 e. The zero-order valence-corrected chi connectivity index (χ0v) is 12.9. The van der Waals surface area contributed by atoms with Crippen LogP contribution in [0.2, 0.25) is 5.02 Å². The van der Waals surface area contributed by atoms with Gasteiger partial charge < -0.3 is 10.1 Å². The van der Waals surface area contributed by atoms with Crippen LogP contribution >= 0.6 is 11.6 Å². The number of rotatable bonds is 7. The van der Waals surface area contributed by atoms with E-state index in [-0.39, 0.29) is 0 Å². The van der Waals surface area contributed by atoms with Crippen molar-refractivity contribution in [1.29, 1.82) is 0 Å². The van der Waals surface area contributed by atoms with Crippen LogP contribution in [0.1, 0.15) is 30.0 Å². The molecule has 1 heterocycles. The van der Waals surface area contributed by atoms with E-state index in [0.717, 1.165) is 30.4 Å². The fraction of sp³-hybridized carbons (Fsp3) is 0.438. The number of nitrogens with zero attached hydrogens (tertiary/aromatic N) is 2. The van der Waals surface area contributed by atoms with Crippen LogP contribution in [-0.2, 0) is 11.3 Å². The van der Waals surface area contributed by atoms with Gasteiger partial charge in [0.25, 0.3) is 0 Å². The fourth-order valence-electron chi connectivity index (χ4n) is 2.51. The van der Waals surface area contributed by atoms with Gasteiger partial charge in [0.05, 0.1) is 24.2 Å². The highest BCUT2D eigenvalue weighted by molar-refractivity contribution is 6.30. The monoisotopic (exact) mass is 305 g/mol. The van der Waals surface area contributed by atoms with Crippen LogP contribution in [0.4, 0.5) is 0 Å². The van der Waals surface area contributed by atoms with Gasteiger partial charge in [0.1, 0.15) is 0 Å². The average Bonchev–Trinajstić information content (AvgIpc) is 3.25. The van der Waals surface area contributed by atoms with Crippen molar-refractivity contribution >= 4 is 11.6 Å². The predicted molar refractivity (Wildman–Crippen MR) is 84.1 cm³/mol. The number of hydrogen-bond donors (Lipinski definition) is 1. The van der Waals surface area contributed by atoms with Gasteiger partial charge >= 0.3 is 0 Å². The van der Waals surface area contributed by atoms with Crippen LogP contribution in [0, 0.1) is 0 Å². The molecule has 0 bridgehead atoms. The molecule has 21 heavy (non-hydrogen) atoms. The zero-order chi connectivity index (χ0) is 14.7. The largest absolute Gasteiger partial charge is 0.383 e. The van der Waals surface area contributed by atoms with Crippen molar-refractivity contribution in [1.82, 2.24) is 15.1 Å². The summed E-state index contributed by atoms with van der Waals surface area (Å²) in [6.45, 7) is 2.42. The second kappa shape index (κ2) is 6.60. The molecule has 0 saturated heterocycles. The predicted octanol–water partition coefficient (Wildman–Crippen LogP) is 3.14. The zero-order valence-electron chi connectivity index (χ0n) is 12.2. The maximum absolute atomic E-state index is 5.97. The van der Waals surface area contributed by atoms with Crippen molar-refractivity contribution in [2.75, 3.05) is 20.3 Å². The van der Waals surface area contributed by atoms with Gasteiger partial charge in [-0.25, -0.2) is 4.68 Å². The Kier molecular flexibility index (Phi) is 4.58. The first-order valence-electron chi connectivity index (χ1n) is 7.32. The Morgan fingerprint density at radius 3 is 2.76 bits per heavy atom. The minimum absolute atomic E-state index is 0.641. The van der Waals surface area contributed by atoms with Gasteiger partial charge in [-0.05, 0) is 37.1 Å². The van der Waals surface area contributed by atoms with Crippen LogP contribution in [0.3, 0.4) is 0 Å². The van der Waals surface area contributed by atoms with E-state index in [4.69, 9.17) is 16.3 Å². The number of benzene rings is 1. The second-order valence-electron chi connectivity index (χ2n) is 5.39. The van der Waals surface area contributed by atoms with Crippen molar-refractivity contribution in [3.8, 4) is 5.69 Å². The van der Waals surface area contributed by atoms with Crippen molar-refractivity contribution in [2.24, 2.45) is 0 Å². The summed E-state index contributed by atoms with van der Waals surface area (Å²) in [7, 11) is 1.72. The van der Waals surface area contributed by atoms with E-state index in [0.29, 0.717) is 5.92 Å². The second-order valence-corrected chi connectivity index (χ2v) is 5.82. The van der Waals surface area contributed by atoms with Gasteiger partial charge in [-0.2, -0.15) is 5.10 Å². The summed E-state index contributed by atoms with van der Waals surface area (Å²) in [6.07, 6.45) is 4.48. The van der Waals surface area contributed by atoms with Crippen LogP contribution < -0.4 is 5.32 Å². The molecule has 0 unspecified atom stereocenters. The third kappa shape index (κ3) is 3.46. The Morgan fingerprint density at radius 1 is 1.33 bits per heavy atom. The molecule has 1 aromatic heterocycles. The minimum Gasteiger partial charge on any atom is -0.383 e. The molecule has 0 spiro atoms. The quantitative estimate of drug-likeness (QED) is 0.799. The highest BCUT2D eigenvalue weighted by Crippen LogP contribution is 2.42. The first-order chi connectivity index (χ1) is 10.3. The normalized spacial score (nSPS) is 14.6. The number of aromatic nitrogens is 2. The van der Waals surface area contributed by atoms with Gasteiger partial charge in [-0.15, -0.1) is 0 Å². The summed E-state index contributed by atoms with van der Waals surface area (Å²) in [5.74, 6) is 0.641. The molecule has 0 amide bonds. The number of methoxy groups -OCH3 is 1. The van der Waals surface area contributed by atoms with Crippen molar-refractivity contribution in [3.05, 3.63) is 46.7 Å². The molecule has 1 aliphatic carbocycles. The lowest BCUT2D eigenvalue weighted by atomic mass is 10.1. The Morgan fingerprint density at radius 2 is 2.10 bits per heavy atom. The Labute approximate surface area is 130 Å². The Bertz CT molecular complexity index is 590. The smallest absolute Gasteiger partial charge is 0.0650 e. The van der Waals surface area contributed by atoms with E-state index >= 15 is 0 Å². The molecule has 4 nitrogen and oxygen atoms in total. The number of nitrogens with one attached hydrogen (secondary N) is 1. The molecule has 1 saturated carbocycles. The van der Waals surface area contributed by atoms with Gasteiger partial charge in [-0.3, -0.25) is 0 Å². The van der Waals surface area contributed by atoms with Crippen molar-refractivity contribution < 1.29 is 4.74 Å². The summed E-state index contributed by atoms with van der Waals surface area (Å²) in [5.41, 5.74) is 3.69. The molecule has 1 aliphatic rings. The molecular weight excluding hydrogens is 286 g/mol. The highest BCUT2D eigenvalue weighted by Gasteiger charge is 2.30. The lowest BCUT2D eigenvalue weighted by Gasteiger charge is -2.10. The Hall–Kier alpha value is -1.36. The SMILES string of the molecule is COCCNCc1cnn(-c2ccc(Cl)cc2)c1C1CC1. The summed E-state index contributed by atoms with van der Waals surface area (Å²) in [4.78, 5) is 0. The summed E-state index contributed by atoms with van der Waals surface area (Å²) in [6, 6.07) is 7.85. The Balaban J connectivity index is 1.81. The molecule has 3 rings (SSSR count). The maximum atomic E-state index is 5.97. The summed E-state index contributed by atoms with van der Waals surface area (Å²) < 4.78 is 7.12. The fourth-order valence-corrected chi connectivity index (χ4v) is 2.63. The molecule has 1 N–H and O–H groups in total. The van der Waals surface area contributed by atoms with Crippen LogP contribution in [-0.4, -0.2) is 30.0 Å². The molecule has 0 atom stereocenters. The van der Waals surface area contributed by atoms with Gasteiger partial charge in [0, 0.05) is 36.7 Å². The van der Waals surface area contributed by atoms with E-state index < -0.39 is 0 Å². The van der Waals surface area contributed by atoms with E-state index in [1.807, 2.05) is 30.5 Å². The highest BCUT2D eigenvalue weighted by atomic mass is 35.5. The molecule has 1 aromatic carbocycles. The van der Waals surface area contributed by atoms with E-state index in [9.17, 15) is 0 Å². The molecule has 1 fully saturated rings. The van der Waals surface area contributed by atoms with Gasteiger partial charge in [-0.1, -0.05) is 11.6 Å². The third-order valence-corrected chi connectivity index (χ3v) is 3.97. The molecule has 112 valence electrons. The summed E-state index contributed by atoms with van der Waals surface area (Å²) >= 11 is 5.97. The number of halogens is 1. The lowest BCUT2D eigenvalue weighted by molar-refractivity contribution is 0.199. The number of ether oxygens (including phenoxy) is 1. The first-order valence-corrected chi connectivity index (χ1v) is 7.70. The minimum atomic E-state index is 0.641. The van der Waals surface area contributed by atoms with Gasteiger partial charge in [0.15, 0.2) is 0 Å².